The van der Waals surface area contributed by atoms with Crippen molar-refractivity contribution in [2.45, 2.75) is 58.3 Å². The first-order valence-electron chi connectivity index (χ1n) is 11.5. The van der Waals surface area contributed by atoms with Gasteiger partial charge in [0.2, 0.25) is 0 Å². The zero-order valence-electron chi connectivity index (χ0n) is 21.4. The van der Waals surface area contributed by atoms with Crippen LogP contribution in [0, 0.1) is 11.8 Å². The van der Waals surface area contributed by atoms with Crippen molar-refractivity contribution in [1.29, 1.82) is 0 Å². The predicted molar refractivity (Wildman–Crippen MR) is 129 cm³/mol. The van der Waals surface area contributed by atoms with E-state index in [1.165, 1.54) is 6.20 Å². The summed E-state index contributed by atoms with van der Waals surface area (Å²) in [6, 6.07) is 4.99. The fourth-order valence-corrected chi connectivity index (χ4v) is 3.76. The average Bonchev–Trinajstić information content (AvgIpc) is 2.85. The van der Waals surface area contributed by atoms with E-state index in [2.05, 4.69) is 21.8 Å². The Bertz CT molecular complexity index is 1420. The van der Waals surface area contributed by atoms with E-state index in [1.54, 1.807) is 18.2 Å². The molecule has 2 aromatic heterocycles. The number of carbonyl (C=O) groups excluding carboxylic acids is 4. The highest BCUT2D eigenvalue weighted by molar-refractivity contribution is 5.68. The number of hydrogen-bond acceptors (Lipinski definition) is 12. The quantitative estimate of drug-likeness (QED) is 0.283. The molecule has 3 heterocycles. The summed E-state index contributed by atoms with van der Waals surface area (Å²) in [5, 5.41) is 0. The van der Waals surface area contributed by atoms with E-state index in [0.717, 1.165) is 38.5 Å². The van der Waals surface area contributed by atoms with Gasteiger partial charge in [0.05, 0.1) is 0 Å². The minimum absolute atomic E-state index is 0.173. The highest BCUT2D eigenvalue weighted by Gasteiger charge is 2.53. The molecule has 1 aliphatic heterocycles. The van der Waals surface area contributed by atoms with Crippen molar-refractivity contribution >= 4 is 23.9 Å². The van der Waals surface area contributed by atoms with Crippen LogP contribution in [0.5, 0.6) is 0 Å². The molecule has 2 aromatic rings. The maximum Gasteiger partial charge on any atom is 0.330 e. The Morgan fingerprint density at radius 1 is 0.923 bits per heavy atom. The van der Waals surface area contributed by atoms with E-state index in [4.69, 9.17) is 23.7 Å². The molecule has 1 fully saturated rings. The maximum absolute atomic E-state index is 12.9. The van der Waals surface area contributed by atoms with E-state index >= 15 is 0 Å². The summed E-state index contributed by atoms with van der Waals surface area (Å²) < 4.78 is 27.9. The zero-order valence-corrected chi connectivity index (χ0v) is 21.4. The van der Waals surface area contributed by atoms with Crippen molar-refractivity contribution in [1.82, 2.24) is 14.5 Å². The summed E-state index contributed by atoms with van der Waals surface area (Å²) in [6.45, 7) is 3.86. The van der Waals surface area contributed by atoms with Crippen LogP contribution in [0.2, 0.25) is 0 Å². The van der Waals surface area contributed by atoms with Crippen LogP contribution in [0.4, 0.5) is 0 Å². The zero-order chi connectivity index (χ0) is 28.7. The first kappa shape index (κ1) is 28.8. The Morgan fingerprint density at radius 3 is 2.15 bits per heavy atom. The highest BCUT2D eigenvalue weighted by atomic mass is 16.7. The molecule has 1 aliphatic rings. The molecule has 0 aliphatic carbocycles. The average molecular weight is 543 g/mol. The number of ether oxygens (including phenoxy) is 5. The second kappa shape index (κ2) is 12.7. The van der Waals surface area contributed by atoms with Gasteiger partial charge in [-0.2, -0.15) is 0 Å². The molecule has 0 aromatic carbocycles. The summed E-state index contributed by atoms with van der Waals surface area (Å²) in [5.41, 5.74) is -1.62. The smallest absolute Gasteiger partial charge is 0.330 e. The van der Waals surface area contributed by atoms with Crippen molar-refractivity contribution < 1.29 is 42.9 Å². The van der Waals surface area contributed by atoms with Gasteiger partial charge in [-0.1, -0.05) is 12.0 Å². The molecule has 1 saturated heterocycles. The van der Waals surface area contributed by atoms with Gasteiger partial charge in [0.25, 0.3) is 5.56 Å². The van der Waals surface area contributed by atoms with Gasteiger partial charge in [-0.3, -0.25) is 33.5 Å². The third kappa shape index (κ3) is 7.62. The first-order valence-corrected chi connectivity index (χ1v) is 11.5. The number of pyridine rings is 1. The third-order valence-electron chi connectivity index (χ3n) is 5.20. The van der Waals surface area contributed by atoms with E-state index < -0.39 is 72.4 Å². The molecule has 14 nitrogen and oxygen atoms in total. The van der Waals surface area contributed by atoms with Crippen molar-refractivity contribution in [2.75, 3.05) is 6.61 Å². The van der Waals surface area contributed by atoms with E-state index in [1.807, 2.05) is 0 Å². The molecule has 1 N–H and O–H groups in total. The molecule has 39 heavy (non-hydrogen) atoms. The Kier molecular flexibility index (Phi) is 9.34. The van der Waals surface area contributed by atoms with Crippen LogP contribution in [-0.4, -0.2) is 69.4 Å². The van der Waals surface area contributed by atoms with Gasteiger partial charge in [0, 0.05) is 40.1 Å². The number of aromatic amines is 1. The van der Waals surface area contributed by atoms with Crippen LogP contribution in [0.25, 0.3) is 0 Å². The van der Waals surface area contributed by atoms with E-state index in [9.17, 15) is 28.8 Å². The SMILES string of the molecule is CC(=O)OC[C@H]1O[C@@H](n2cc(C#Cc3ccccn3)c(=O)[nH]c2=O)[C@H](OC(C)=O)[C@@H](OC(C)=O)[C@@H]1OC(C)=O. The molecule has 0 radical (unpaired) electrons. The van der Waals surface area contributed by atoms with Gasteiger partial charge < -0.3 is 23.7 Å². The topological polar surface area (TPSA) is 182 Å². The van der Waals surface area contributed by atoms with Gasteiger partial charge in [-0.25, -0.2) is 9.78 Å². The monoisotopic (exact) mass is 543 g/mol. The van der Waals surface area contributed by atoms with Crippen molar-refractivity contribution in [2.24, 2.45) is 0 Å². The molecule has 0 saturated carbocycles. The molecule has 206 valence electrons. The number of rotatable bonds is 6. The summed E-state index contributed by atoms with van der Waals surface area (Å²) in [7, 11) is 0. The Balaban J connectivity index is 2.16. The summed E-state index contributed by atoms with van der Waals surface area (Å²) >= 11 is 0. The van der Waals surface area contributed by atoms with Crippen molar-refractivity contribution in [3.05, 3.63) is 62.7 Å². The van der Waals surface area contributed by atoms with Gasteiger partial charge in [0.1, 0.15) is 24.0 Å². The standard InChI is InChI=1S/C25H25N3O11/c1-13(29)35-12-19-20(36-14(2)30)21(37-15(3)31)22(38-16(4)32)24(39-19)28-11-17(23(33)27-25(28)34)8-9-18-7-5-6-10-26-18/h5-7,10-11,19-22,24H,12H2,1-4H3,(H,27,33,34)/t19-,20-,21+,22-,24-/m1/s1. The minimum atomic E-state index is -1.55. The Labute approximate surface area is 221 Å². The van der Waals surface area contributed by atoms with Gasteiger partial charge in [-0.15, -0.1) is 0 Å². The second-order valence-corrected chi connectivity index (χ2v) is 8.26. The Morgan fingerprint density at radius 2 is 1.56 bits per heavy atom. The second-order valence-electron chi connectivity index (χ2n) is 8.26. The maximum atomic E-state index is 12.9. The van der Waals surface area contributed by atoms with Crippen LogP contribution in [0.15, 0.2) is 40.2 Å². The van der Waals surface area contributed by atoms with Crippen LogP contribution in [-0.2, 0) is 42.9 Å². The summed E-state index contributed by atoms with van der Waals surface area (Å²) in [4.78, 5) is 79.0. The summed E-state index contributed by atoms with van der Waals surface area (Å²) in [6.07, 6.45) is -4.73. The Hall–Kier alpha value is -4.77. The lowest BCUT2D eigenvalue weighted by Gasteiger charge is -2.44. The molecule has 0 amide bonds. The number of nitrogens with zero attached hydrogens (tertiary/aromatic N) is 2. The van der Waals surface area contributed by atoms with Crippen molar-refractivity contribution in [3.8, 4) is 11.8 Å². The molecule has 3 rings (SSSR count). The van der Waals surface area contributed by atoms with E-state index in [-0.39, 0.29) is 5.56 Å². The van der Waals surface area contributed by atoms with Crippen LogP contribution >= 0.6 is 0 Å². The molecule has 14 heteroatoms. The molecule has 0 unspecified atom stereocenters. The predicted octanol–water partition coefficient (Wildman–Crippen LogP) is -0.413. The first-order chi connectivity index (χ1) is 18.5. The van der Waals surface area contributed by atoms with Gasteiger partial charge in [-0.05, 0) is 18.1 Å². The highest BCUT2D eigenvalue weighted by Crippen LogP contribution is 2.34. The van der Waals surface area contributed by atoms with E-state index in [0.29, 0.717) is 5.69 Å². The largest absolute Gasteiger partial charge is 0.463 e. The number of aromatic nitrogens is 3. The molecular formula is C25H25N3O11. The minimum Gasteiger partial charge on any atom is -0.463 e. The number of esters is 4. The van der Waals surface area contributed by atoms with Crippen LogP contribution in [0.1, 0.15) is 45.2 Å². The van der Waals surface area contributed by atoms with Gasteiger partial charge >= 0.3 is 29.6 Å². The molecule has 0 spiro atoms. The number of hydrogen-bond donors (Lipinski definition) is 1. The van der Waals surface area contributed by atoms with Crippen molar-refractivity contribution in [3.63, 3.8) is 0 Å². The number of carbonyl (C=O) groups is 4. The summed E-state index contributed by atoms with van der Waals surface area (Å²) in [5.74, 6) is 2.12. The lowest BCUT2D eigenvalue weighted by atomic mass is 9.97. The fraction of sp³-hybridized carbons (Fsp3) is 0.400. The van der Waals surface area contributed by atoms with Crippen LogP contribution < -0.4 is 11.2 Å². The third-order valence-corrected chi connectivity index (χ3v) is 5.20. The number of H-pyrrole nitrogens is 1. The lowest BCUT2D eigenvalue weighted by molar-refractivity contribution is -0.269. The fourth-order valence-electron chi connectivity index (χ4n) is 3.76. The van der Waals surface area contributed by atoms with Crippen LogP contribution in [0.3, 0.4) is 0 Å². The van der Waals surface area contributed by atoms with Gasteiger partial charge in [0.15, 0.2) is 24.5 Å². The molecule has 5 atom stereocenters. The molecular weight excluding hydrogens is 518 g/mol. The molecule has 0 bridgehead atoms. The lowest BCUT2D eigenvalue weighted by Crippen LogP contribution is -2.61. The number of nitrogens with one attached hydrogen (secondary N) is 1. The normalized spacial score (nSPS) is 22.0.